The summed E-state index contributed by atoms with van der Waals surface area (Å²) in [5, 5.41) is 0. The molecule has 0 aromatic heterocycles. The zero-order valence-electron chi connectivity index (χ0n) is 13.2. The smallest absolute Gasteiger partial charge is 0.243 e. The second kappa shape index (κ2) is 6.49. The van der Waals surface area contributed by atoms with Crippen molar-refractivity contribution in [3.05, 3.63) is 59.7 Å². The number of benzene rings is 2. The van der Waals surface area contributed by atoms with E-state index in [0.29, 0.717) is 5.56 Å². The Labute approximate surface area is 140 Å². The molecule has 0 aliphatic carbocycles. The average molecular weight is 352 g/mol. The molecule has 1 fully saturated rings. The van der Waals surface area contributed by atoms with Crippen molar-refractivity contribution in [3.63, 3.8) is 0 Å². The molecule has 0 bridgehead atoms. The number of piperazine rings is 1. The summed E-state index contributed by atoms with van der Waals surface area (Å²) >= 11 is 0. The number of nitrogens with zero attached hydrogens (tertiary/aromatic N) is 2. The van der Waals surface area contributed by atoms with Crippen LogP contribution in [0.2, 0.25) is 0 Å². The lowest BCUT2D eigenvalue weighted by molar-refractivity contribution is 0.380. The van der Waals surface area contributed by atoms with E-state index in [2.05, 4.69) is 0 Å². The van der Waals surface area contributed by atoms with Crippen LogP contribution in [0.15, 0.2) is 47.4 Å². The van der Waals surface area contributed by atoms with Crippen LogP contribution in [0.4, 0.5) is 14.5 Å². The molecule has 7 heteroatoms. The number of hydrogen-bond donors (Lipinski definition) is 0. The first-order valence-corrected chi connectivity index (χ1v) is 9.10. The predicted molar refractivity (Wildman–Crippen MR) is 88.5 cm³/mol. The van der Waals surface area contributed by atoms with Crippen LogP contribution in [0.5, 0.6) is 0 Å². The molecular formula is C17H18F2N2O2S. The molecule has 24 heavy (non-hydrogen) atoms. The second-order valence-corrected chi connectivity index (χ2v) is 7.63. The van der Waals surface area contributed by atoms with Gasteiger partial charge in [0.25, 0.3) is 0 Å². The Bertz CT molecular complexity index is 827. The minimum Gasteiger partial charge on any atom is -0.364 e. The molecule has 2 aromatic carbocycles. The first kappa shape index (κ1) is 16.9. The Balaban J connectivity index is 1.79. The second-order valence-electron chi connectivity index (χ2n) is 5.73. The number of sulfonamides is 1. The van der Waals surface area contributed by atoms with Crippen LogP contribution in [-0.4, -0.2) is 38.9 Å². The highest BCUT2D eigenvalue weighted by Gasteiger charge is 2.30. The molecule has 0 amide bonds. The minimum atomic E-state index is -3.60. The van der Waals surface area contributed by atoms with E-state index in [-0.39, 0.29) is 36.8 Å². The Hall–Kier alpha value is -1.99. The maximum Gasteiger partial charge on any atom is 0.243 e. The fraction of sp³-hybridized carbons (Fsp3) is 0.294. The zero-order chi connectivity index (χ0) is 17.3. The van der Waals surface area contributed by atoms with Crippen LogP contribution in [0.1, 0.15) is 5.56 Å². The van der Waals surface area contributed by atoms with E-state index in [1.165, 1.54) is 22.5 Å². The molecule has 0 saturated carbocycles. The van der Waals surface area contributed by atoms with Gasteiger partial charge in [-0.05, 0) is 30.7 Å². The Morgan fingerprint density at radius 1 is 0.875 bits per heavy atom. The van der Waals surface area contributed by atoms with Gasteiger partial charge in [0.05, 0.1) is 4.90 Å². The molecule has 1 saturated heterocycles. The summed E-state index contributed by atoms with van der Waals surface area (Å²) in [6.45, 7) is 2.60. The third-order valence-electron chi connectivity index (χ3n) is 4.20. The number of para-hydroxylation sites is 1. The summed E-state index contributed by atoms with van der Waals surface area (Å²) in [7, 11) is -3.60. The molecular weight excluding hydrogens is 334 g/mol. The standard InChI is InChI=1S/C17H18F2N2O2S/c1-13-5-2-3-8-16(13)24(22,23)21-11-9-20(10-12-21)17-14(18)6-4-7-15(17)19/h2-8H,9-12H2,1H3. The molecule has 128 valence electrons. The number of halogens is 2. The van der Waals surface area contributed by atoms with Gasteiger partial charge in [0, 0.05) is 26.2 Å². The van der Waals surface area contributed by atoms with Crippen LogP contribution >= 0.6 is 0 Å². The number of hydrogen-bond acceptors (Lipinski definition) is 3. The van der Waals surface area contributed by atoms with E-state index < -0.39 is 21.7 Å². The van der Waals surface area contributed by atoms with E-state index in [1.54, 1.807) is 36.1 Å². The van der Waals surface area contributed by atoms with Crippen molar-refractivity contribution in [2.75, 3.05) is 31.1 Å². The van der Waals surface area contributed by atoms with E-state index in [4.69, 9.17) is 0 Å². The molecule has 0 unspecified atom stereocenters. The van der Waals surface area contributed by atoms with Crippen molar-refractivity contribution < 1.29 is 17.2 Å². The lowest BCUT2D eigenvalue weighted by Crippen LogP contribution is -2.49. The van der Waals surface area contributed by atoms with Gasteiger partial charge in [-0.3, -0.25) is 0 Å². The fourth-order valence-corrected chi connectivity index (χ4v) is 4.58. The molecule has 0 N–H and O–H groups in total. The maximum atomic E-state index is 13.9. The number of anilines is 1. The summed E-state index contributed by atoms with van der Waals surface area (Å²) in [5.74, 6) is -1.27. The van der Waals surface area contributed by atoms with Gasteiger partial charge in [-0.25, -0.2) is 17.2 Å². The third kappa shape index (κ3) is 3.01. The quantitative estimate of drug-likeness (QED) is 0.853. The van der Waals surface area contributed by atoms with Gasteiger partial charge in [-0.2, -0.15) is 4.31 Å². The van der Waals surface area contributed by atoms with Crippen molar-refractivity contribution in [3.8, 4) is 0 Å². The highest BCUT2D eigenvalue weighted by molar-refractivity contribution is 7.89. The van der Waals surface area contributed by atoms with Gasteiger partial charge in [-0.1, -0.05) is 24.3 Å². The van der Waals surface area contributed by atoms with Crippen molar-refractivity contribution in [1.82, 2.24) is 4.31 Å². The number of aryl methyl sites for hydroxylation is 1. The van der Waals surface area contributed by atoms with Crippen molar-refractivity contribution in [2.45, 2.75) is 11.8 Å². The topological polar surface area (TPSA) is 40.6 Å². The van der Waals surface area contributed by atoms with Crippen LogP contribution in [0.3, 0.4) is 0 Å². The highest BCUT2D eigenvalue weighted by atomic mass is 32.2. The van der Waals surface area contributed by atoms with Crippen LogP contribution in [0, 0.1) is 18.6 Å². The SMILES string of the molecule is Cc1ccccc1S(=O)(=O)N1CCN(c2c(F)cccc2F)CC1. The lowest BCUT2D eigenvalue weighted by atomic mass is 10.2. The van der Waals surface area contributed by atoms with Gasteiger partial charge < -0.3 is 4.90 Å². The summed E-state index contributed by atoms with van der Waals surface area (Å²) in [5.41, 5.74) is 0.588. The monoisotopic (exact) mass is 352 g/mol. The van der Waals surface area contributed by atoms with Gasteiger partial charge in [-0.15, -0.1) is 0 Å². The largest absolute Gasteiger partial charge is 0.364 e. The molecule has 0 radical (unpaired) electrons. The van der Waals surface area contributed by atoms with E-state index in [0.717, 1.165) is 0 Å². The highest BCUT2D eigenvalue weighted by Crippen LogP contribution is 2.26. The summed E-state index contributed by atoms with van der Waals surface area (Å²) < 4.78 is 54.6. The van der Waals surface area contributed by atoms with Crippen LogP contribution in [-0.2, 0) is 10.0 Å². The Morgan fingerprint density at radius 3 is 2.04 bits per heavy atom. The van der Waals surface area contributed by atoms with Crippen molar-refractivity contribution in [1.29, 1.82) is 0 Å². The predicted octanol–water partition coefficient (Wildman–Crippen LogP) is 2.78. The van der Waals surface area contributed by atoms with Gasteiger partial charge in [0.2, 0.25) is 10.0 Å². The minimum absolute atomic E-state index is 0.0922. The first-order chi connectivity index (χ1) is 11.4. The summed E-state index contributed by atoms with van der Waals surface area (Å²) in [4.78, 5) is 1.82. The van der Waals surface area contributed by atoms with E-state index in [1.807, 2.05) is 0 Å². The Morgan fingerprint density at radius 2 is 1.46 bits per heavy atom. The lowest BCUT2D eigenvalue weighted by Gasteiger charge is -2.35. The van der Waals surface area contributed by atoms with Gasteiger partial charge in [0.1, 0.15) is 17.3 Å². The molecule has 1 heterocycles. The molecule has 0 spiro atoms. The fourth-order valence-electron chi connectivity index (χ4n) is 2.93. The van der Waals surface area contributed by atoms with Gasteiger partial charge in [0.15, 0.2) is 0 Å². The summed E-state index contributed by atoms with van der Waals surface area (Å²) in [6.07, 6.45) is 0. The van der Waals surface area contributed by atoms with E-state index >= 15 is 0 Å². The Kier molecular flexibility index (Phi) is 4.56. The summed E-state index contributed by atoms with van der Waals surface area (Å²) in [6, 6.07) is 10.5. The molecule has 1 aliphatic heterocycles. The average Bonchev–Trinajstić information content (AvgIpc) is 2.55. The molecule has 2 aromatic rings. The van der Waals surface area contributed by atoms with Gasteiger partial charge >= 0.3 is 0 Å². The van der Waals surface area contributed by atoms with Crippen LogP contribution < -0.4 is 4.90 Å². The zero-order valence-corrected chi connectivity index (χ0v) is 14.1. The third-order valence-corrected chi connectivity index (χ3v) is 6.26. The molecule has 0 atom stereocenters. The van der Waals surface area contributed by atoms with Crippen molar-refractivity contribution >= 4 is 15.7 Å². The number of rotatable bonds is 3. The normalized spacial score (nSPS) is 16.4. The molecule has 3 rings (SSSR count). The maximum absolute atomic E-state index is 13.9. The molecule has 4 nitrogen and oxygen atoms in total. The van der Waals surface area contributed by atoms with Crippen molar-refractivity contribution in [2.24, 2.45) is 0 Å². The first-order valence-electron chi connectivity index (χ1n) is 7.66. The van der Waals surface area contributed by atoms with Crippen LogP contribution in [0.25, 0.3) is 0 Å². The van der Waals surface area contributed by atoms with E-state index in [9.17, 15) is 17.2 Å². The molecule has 1 aliphatic rings.